The Kier molecular flexibility index (Phi) is 4.98. The lowest BCUT2D eigenvalue weighted by molar-refractivity contribution is -0.125. The van der Waals surface area contributed by atoms with Gasteiger partial charge >= 0.3 is 0 Å². The van der Waals surface area contributed by atoms with Crippen molar-refractivity contribution >= 4 is 11.8 Å². The lowest BCUT2D eigenvalue weighted by Crippen LogP contribution is -2.36. The second-order valence-corrected chi connectivity index (χ2v) is 2.52. The van der Waals surface area contributed by atoms with Crippen LogP contribution in [0.5, 0.6) is 0 Å². The molecule has 0 aromatic carbocycles. The Bertz CT molecular complexity index is 171. The van der Waals surface area contributed by atoms with E-state index in [0.717, 1.165) is 0 Å². The summed E-state index contributed by atoms with van der Waals surface area (Å²) in [5.74, 6) is 8.89. The second-order valence-electron chi connectivity index (χ2n) is 2.52. The van der Waals surface area contributed by atoms with Crippen molar-refractivity contribution in [2.45, 2.75) is 19.8 Å². The highest BCUT2D eigenvalue weighted by Gasteiger charge is 2.12. The third kappa shape index (κ3) is 3.89. The van der Waals surface area contributed by atoms with Crippen molar-refractivity contribution in [2.24, 2.45) is 17.6 Å². The van der Waals surface area contributed by atoms with Gasteiger partial charge in [0.05, 0.1) is 0 Å². The number of hydrogen-bond donors (Lipinski definition) is 4. The Morgan fingerprint density at radius 3 is 2.33 bits per heavy atom. The van der Waals surface area contributed by atoms with Crippen molar-refractivity contribution in [3.63, 3.8) is 0 Å². The van der Waals surface area contributed by atoms with Crippen molar-refractivity contribution in [3.8, 4) is 0 Å². The fraction of sp³-hybridized carbons (Fsp3) is 0.667. The molecule has 0 saturated heterocycles. The largest absolute Gasteiger partial charge is 0.294 e. The van der Waals surface area contributed by atoms with Crippen molar-refractivity contribution in [1.82, 2.24) is 10.9 Å². The maximum absolute atomic E-state index is 10.8. The van der Waals surface area contributed by atoms with Crippen molar-refractivity contribution in [2.75, 3.05) is 0 Å². The summed E-state index contributed by atoms with van der Waals surface area (Å²) in [7, 11) is 0. The Labute approximate surface area is 70.6 Å². The van der Waals surface area contributed by atoms with E-state index in [1.807, 2.05) is 10.9 Å². The number of carbonyl (C=O) groups is 2. The molecule has 2 amide bonds. The molecule has 0 heterocycles. The SMILES string of the molecule is CC(CCC(=O)NN)C(=O)NN. The molecule has 1 unspecified atom stereocenters. The van der Waals surface area contributed by atoms with E-state index in [0.29, 0.717) is 6.42 Å². The molecule has 6 nitrogen and oxygen atoms in total. The summed E-state index contributed by atoms with van der Waals surface area (Å²) < 4.78 is 0. The third-order valence-electron chi connectivity index (χ3n) is 1.56. The molecule has 6 N–H and O–H groups in total. The average molecular weight is 174 g/mol. The van der Waals surface area contributed by atoms with Gasteiger partial charge in [0, 0.05) is 12.3 Å². The molecule has 0 rings (SSSR count). The lowest BCUT2D eigenvalue weighted by Gasteiger charge is -2.07. The zero-order valence-electron chi connectivity index (χ0n) is 6.96. The van der Waals surface area contributed by atoms with Crippen molar-refractivity contribution in [1.29, 1.82) is 0 Å². The fourth-order valence-corrected chi connectivity index (χ4v) is 0.693. The lowest BCUT2D eigenvalue weighted by atomic mass is 10.1. The van der Waals surface area contributed by atoms with Crippen LogP contribution in [0.1, 0.15) is 19.8 Å². The first-order valence-electron chi connectivity index (χ1n) is 3.61. The van der Waals surface area contributed by atoms with E-state index < -0.39 is 0 Å². The summed E-state index contributed by atoms with van der Waals surface area (Å²) in [6, 6.07) is 0. The predicted molar refractivity (Wildman–Crippen MR) is 43.1 cm³/mol. The molecular formula is C6H14N4O2. The van der Waals surface area contributed by atoms with E-state index in [1.165, 1.54) is 0 Å². The monoisotopic (exact) mass is 174 g/mol. The summed E-state index contributed by atoms with van der Waals surface area (Å²) in [4.78, 5) is 21.4. The number of hydrogen-bond acceptors (Lipinski definition) is 4. The normalized spacial score (nSPS) is 11.9. The quantitative estimate of drug-likeness (QED) is 0.233. The van der Waals surface area contributed by atoms with Gasteiger partial charge in [-0.15, -0.1) is 0 Å². The summed E-state index contributed by atoms with van der Waals surface area (Å²) in [5, 5.41) is 0. The highest BCUT2D eigenvalue weighted by atomic mass is 16.2. The molecule has 0 spiro atoms. The van der Waals surface area contributed by atoms with Crippen LogP contribution in [0.15, 0.2) is 0 Å². The van der Waals surface area contributed by atoms with Gasteiger partial charge in [-0.05, 0) is 6.42 Å². The first-order chi connectivity index (χ1) is 5.61. The van der Waals surface area contributed by atoms with E-state index in [1.54, 1.807) is 6.92 Å². The topological polar surface area (TPSA) is 110 Å². The smallest absolute Gasteiger partial charge is 0.236 e. The van der Waals surface area contributed by atoms with Crippen LogP contribution in [-0.2, 0) is 9.59 Å². The Hall–Kier alpha value is -1.14. The van der Waals surface area contributed by atoms with Crippen LogP contribution in [0.4, 0.5) is 0 Å². The summed E-state index contributed by atoms with van der Waals surface area (Å²) >= 11 is 0. The number of nitrogens with two attached hydrogens (primary N) is 2. The average Bonchev–Trinajstić information content (AvgIpc) is 2.11. The molecule has 0 aliphatic heterocycles. The number of hydrazine groups is 2. The molecule has 6 heteroatoms. The van der Waals surface area contributed by atoms with Crippen LogP contribution in [0.2, 0.25) is 0 Å². The zero-order chi connectivity index (χ0) is 9.56. The second kappa shape index (κ2) is 5.50. The molecule has 70 valence electrons. The molecule has 12 heavy (non-hydrogen) atoms. The molecule has 0 aromatic heterocycles. The molecule has 0 saturated carbocycles. The van der Waals surface area contributed by atoms with Gasteiger partial charge in [0.1, 0.15) is 0 Å². The van der Waals surface area contributed by atoms with Gasteiger partial charge in [0.2, 0.25) is 11.8 Å². The van der Waals surface area contributed by atoms with Gasteiger partial charge in [0.25, 0.3) is 0 Å². The van der Waals surface area contributed by atoms with Gasteiger partial charge in [-0.3, -0.25) is 20.4 Å². The minimum absolute atomic E-state index is 0.227. The van der Waals surface area contributed by atoms with Gasteiger partial charge in [0.15, 0.2) is 0 Å². The molecule has 0 aliphatic rings. The minimum atomic E-state index is -0.285. The Morgan fingerprint density at radius 1 is 1.33 bits per heavy atom. The summed E-state index contributed by atoms with van der Waals surface area (Å²) in [6.07, 6.45) is 0.664. The highest BCUT2D eigenvalue weighted by Crippen LogP contribution is 2.04. The maximum Gasteiger partial charge on any atom is 0.236 e. The van der Waals surface area contributed by atoms with E-state index >= 15 is 0 Å². The Morgan fingerprint density at radius 2 is 1.92 bits per heavy atom. The van der Waals surface area contributed by atoms with E-state index in [9.17, 15) is 9.59 Å². The standard InChI is InChI=1S/C6H14N4O2/c1-4(6(12)10-8)2-3-5(11)9-7/h4H,2-3,7-8H2,1H3,(H,9,11)(H,10,12). The van der Waals surface area contributed by atoms with Crippen LogP contribution < -0.4 is 22.5 Å². The fourth-order valence-electron chi connectivity index (χ4n) is 0.693. The van der Waals surface area contributed by atoms with E-state index in [-0.39, 0.29) is 24.2 Å². The van der Waals surface area contributed by atoms with Crippen LogP contribution in [-0.4, -0.2) is 11.8 Å². The molecule has 0 bridgehead atoms. The molecule has 0 radical (unpaired) electrons. The number of carbonyl (C=O) groups excluding carboxylic acids is 2. The zero-order valence-corrected chi connectivity index (χ0v) is 6.96. The number of nitrogens with one attached hydrogen (secondary N) is 2. The Balaban J connectivity index is 3.63. The van der Waals surface area contributed by atoms with Crippen LogP contribution in [0, 0.1) is 5.92 Å². The van der Waals surface area contributed by atoms with Gasteiger partial charge in [-0.1, -0.05) is 6.92 Å². The van der Waals surface area contributed by atoms with Gasteiger partial charge in [-0.2, -0.15) is 0 Å². The summed E-state index contributed by atoms with van der Waals surface area (Å²) in [6.45, 7) is 1.69. The van der Waals surface area contributed by atoms with Gasteiger partial charge < -0.3 is 0 Å². The van der Waals surface area contributed by atoms with Crippen molar-refractivity contribution in [3.05, 3.63) is 0 Å². The van der Waals surface area contributed by atoms with Crippen LogP contribution in [0.25, 0.3) is 0 Å². The number of rotatable bonds is 4. The van der Waals surface area contributed by atoms with E-state index in [4.69, 9.17) is 11.7 Å². The predicted octanol–water partition coefficient (Wildman–Crippen LogP) is -1.62. The summed E-state index contributed by atoms with van der Waals surface area (Å²) in [5.41, 5.74) is 3.98. The number of amides is 2. The molecule has 0 aromatic rings. The molecular weight excluding hydrogens is 160 g/mol. The highest BCUT2D eigenvalue weighted by molar-refractivity contribution is 5.79. The van der Waals surface area contributed by atoms with Gasteiger partial charge in [-0.25, -0.2) is 11.7 Å². The van der Waals surface area contributed by atoms with E-state index in [2.05, 4.69) is 0 Å². The van der Waals surface area contributed by atoms with Crippen LogP contribution in [0.3, 0.4) is 0 Å². The first-order valence-corrected chi connectivity index (χ1v) is 3.61. The van der Waals surface area contributed by atoms with Crippen LogP contribution >= 0.6 is 0 Å². The molecule has 1 atom stereocenters. The van der Waals surface area contributed by atoms with Crippen molar-refractivity contribution < 1.29 is 9.59 Å². The molecule has 0 aliphatic carbocycles. The third-order valence-corrected chi connectivity index (χ3v) is 1.56. The molecule has 0 fully saturated rings. The first kappa shape index (κ1) is 10.9. The maximum atomic E-state index is 10.8. The minimum Gasteiger partial charge on any atom is -0.294 e.